The van der Waals surface area contributed by atoms with Gasteiger partial charge in [-0.15, -0.1) is 0 Å². The average molecular weight is 186 g/mol. The molecule has 0 aliphatic carbocycles. The van der Waals surface area contributed by atoms with Crippen LogP contribution in [0.5, 0.6) is 0 Å². The van der Waals surface area contributed by atoms with Crippen molar-refractivity contribution in [1.29, 1.82) is 0 Å². The Labute approximate surface area is 78.7 Å². The van der Waals surface area contributed by atoms with Crippen LogP contribution in [-0.2, 0) is 0 Å². The van der Waals surface area contributed by atoms with E-state index in [9.17, 15) is 4.79 Å². The molecule has 0 aromatic carbocycles. The highest BCUT2D eigenvalue weighted by Gasteiger charge is 1.98. The Kier molecular flexibility index (Phi) is 6.91. The third-order valence-corrected chi connectivity index (χ3v) is 1.52. The number of hydrazone groups is 1. The topological polar surface area (TPSA) is 79.5 Å². The first kappa shape index (κ1) is 11.9. The normalized spacial score (nSPS) is 9.15. The number of carbonyl (C=O) groups excluding carboxylic acids is 1. The van der Waals surface area contributed by atoms with Gasteiger partial charge in [-0.05, 0) is 12.8 Å². The van der Waals surface area contributed by atoms with Crippen molar-refractivity contribution >= 4 is 11.7 Å². The predicted octanol–water partition coefficient (Wildman–Crippen LogP) is 1.12. The molecule has 4 N–H and O–H groups in total. The number of hydrazine groups is 1. The molecule has 0 aromatic rings. The summed E-state index contributed by atoms with van der Waals surface area (Å²) in [4.78, 5) is 10.7. The van der Waals surface area contributed by atoms with Gasteiger partial charge in [-0.1, -0.05) is 26.7 Å². The van der Waals surface area contributed by atoms with Gasteiger partial charge >= 0.3 is 6.03 Å². The molecule has 0 spiro atoms. The Hall–Kier alpha value is -1.10. The van der Waals surface area contributed by atoms with Crippen molar-refractivity contribution < 1.29 is 4.79 Å². The monoisotopic (exact) mass is 186 g/mol. The quantitative estimate of drug-likeness (QED) is 0.260. The van der Waals surface area contributed by atoms with E-state index in [1.165, 1.54) is 0 Å². The summed E-state index contributed by atoms with van der Waals surface area (Å²) >= 11 is 0. The predicted molar refractivity (Wildman–Crippen MR) is 53.1 cm³/mol. The standard InChI is InChI=1S/C8H18N4O/c1-3-5-7(6-4-2)11-12-8(13)10-9/h3-6,9H2,1-2H3,(H2,10,12,13). The molecule has 13 heavy (non-hydrogen) atoms. The molecule has 76 valence electrons. The van der Waals surface area contributed by atoms with Crippen molar-refractivity contribution in [2.45, 2.75) is 39.5 Å². The molecule has 0 aliphatic rings. The highest BCUT2D eigenvalue weighted by molar-refractivity contribution is 5.85. The first-order valence-electron chi connectivity index (χ1n) is 4.56. The van der Waals surface area contributed by atoms with E-state index in [2.05, 4.69) is 24.4 Å². The van der Waals surface area contributed by atoms with E-state index in [0.29, 0.717) is 0 Å². The third-order valence-electron chi connectivity index (χ3n) is 1.52. The maximum atomic E-state index is 10.7. The van der Waals surface area contributed by atoms with Crippen molar-refractivity contribution in [3.63, 3.8) is 0 Å². The highest BCUT2D eigenvalue weighted by Crippen LogP contribution is 1.99. The van der Waals surface area contributed by atoms with Gasteiger partial charge in [0.25, 0.3) is 0 Å². The Balaban J connectivity index is 3.94. The first-order valence-corrected chi connectivity index (χ1v) is 4.56. The van der Waals surface area contributed by atoms with Crippen LogP contribution in [-0.4, -0.2) is 11.7 Å². The van der Waals surface area contributed by atoms with Gasteiger partial charge < -0.3 is 0 Å². The molecule has 0 aliphatic heterocycles. The van der Waals surface area contributed by atoms with Crippen molar-refractivity contribution in [2.75, 3.05) is 0 Å². The number of amides is 2. The number of nitrogens with zero attached hydrogens (tertiary/aromatic N) is 1. The fourth-order valence-corrected chi connectivity index (χ4v) is 0.976. The Bertz CT molecular complexity index is 171. The third kappa shape index (κ3) is 6.10. The summed E-state index contributed by atoms with van der Waals surface area (Å²) in [5.41, 5.74) is 5.27. The molecule has 0 unspecified atom stereocenters. The van der Waals surface area contributed by atoms with Gasteiger partial charge in [-0.3, -0.25) is 5.43 Å². The lowest BCUT2D eigenvalue weighted by atomic mass is 10.1. The number of urea groups is 1. The van der Waals surface area contributed by atoms with Gasteiger partial charge in [0.1, 0.15) is 0 Å². The number of nitrogens with two attached hydrogens (primary N) is 1. The van der Waals surface area contributed by atoms with Crippen molar-refractivity contribution in [3.05, 3.63) is 0 Å². The summed E-state index contributed by atoms with van der Waals surface area (Å²) in [6.07, 6.45) is 3.90. The molecule has 0 saturated carbocycles. The highest BCUT2D eigenvalue weighted by atomic mass is 16.2. The number of carbonyl (C=O) groups is 1. The van der Waals surface area contributed by atoms with Crippen LogP contribution >= 0.6 is 0 Å². The molecule has 2 amide bonds. The second kappa shape index (κ2) is 7.54. The lowest BCUT2D eigenvalue weighted by Crippen LogP contribution is -2.37. The van der Waals surface area contributed by atoms with E-state index in [4.69, 9.17) is 5.84 Å². The SMILES string of the molecule is CCCC(CCC)=NNC(=O)NN. The molecule has 0 saturated heterocycles. The number of rotatable bonds is 5. The van der Waals surface area contributed by atoms with E-state index < -0.39 is 6.03 Å². The lowest BCUT2D eigenvalue weighted by Gasteiger charge is -2.03. The van der Waals surface area contributed by atoms with E-state index in [1.54, 1.807) is 0 Å². The zero-order valence-corrected chi connectivity index (χ0v) is 8.26. The molecule has 5 heteroatoms. The molecule has 0 rings (SSSR count). The number of nitrogens with one attached hydrogen (secondary N) is 2. The summed E-state index contributed by atoms with van der Waals surface area (Å²) in [7, 11) is 0. The zero-order valence-electron chi connectivity index (χ0n) is 8.26. The van der Waals surface area contributed by atoms with Crippen LogP contribution < -0.4 is 16.7 Å². The van der Waals surface area contributed by atoms with Crippen LogP contribution in [0, 0.1) is 0 Å². The van der Waals surface area contributed by atoms with E-state index in [-0.39, 0.29) is 0 Å². The number of hydrogen-bond donors (Lipinski definition) is 3. The van der Waals surface area contributed by atoms with Gasteiger partial charge in [0.15, 0.2) is 0 Å². The van der Waals surface area contributed by atoms with Crippen LogP contribution in [0.2, 0.25) is 0 Å². The second-order valence-corrected chi connectivity index (χ2v) is 2.76. The molecule has 5 nitrogen and oxygen atoms in total. The zero-order chi connectivity index (χ0) is 10.1. The largest absolute Gasteiger partial charge is 0.349 e. The summed E-state index contributed by atoms with van der Waals surface area (Å²) in [5, 5.41) is 3.95. The maximum Gasteiger partial charge on any atom is 0.349 e. The summed E-state index contributed by atoms with van der Waals surface area (Å²) in [6, 6.07) is -0.482. The van der Waals surface area contributed by atoms with Crippen molar-refractivity contribution in [3.8, 4) is 0 Å². The molecule has 0 atom stereocenters. The number of hydrogen-bond acceptors (Lipinski definition) is 3. The fourth-order valence-electron chi connectivity index (χ4n) is 0.976. The second-order valence-electron chi connectivity index (χ2n) is 2.76. The van der Waals surface area contributed by atoms with Gasteiger partial charge in [0.05, 0.1) is 0 Å². The molecule has 0 heterocycles. The molecule has 0 bridgehead atoms. The van der Waals surface area contributed by atoms with Gasteiger partial charge in [0.2, 0.25) is 0 Å². The van der Waals surface area contributed by atoms with E-state index in [1.807, 2.05) is 5.43 Å². The van der Waals surface area contributed by atoms with Crippen molar-refractivity contribution in [1.82, 2.24) is 10.9 Å². The average Bonchev–Trinajstić information content (AvgIpc) is 2.14. The minimum atomic E-state index is -0.482. The summed E-state index contributed by atoms with van der Waals surface area (Å²) < 4.78 is 0. The molecular formula is C8H18N4O. The maximum absolute atomic E-state index is 10.7. The van der Waals surface area contributed by atoms with Crippen LogP contribution in [0.3, 0.4) is 0 Å². The lowest BCUT2D eigenvalue weighted by molar-refractivity contribution is 0.241. The Morgan fingerprint density at radius 3 is 2.23 bits per heavy atom. The van der Waals surface area contributed by atoms with Crippen LogP contribution in [0.15, 0.2) is 5.10 Å². The molecule has 0 fully saturated rings. The minimum Gasteiger partial charge on any atom is -0.274 e. The van der Waals surface area contributed by atoms with E-state index in [0.717, 1.165) is 31.4 Å². The smallest absolute Gasteiger partial charge is 0.274 e. The van der Waals surface area contributed by atoms with Gasteiger partial charge in [-0.2, -0.15) is 5.10 Å². The van der Waals surface area contributed by atoms with Gasteiger partial charge in [-0.25, -0.2) is 16.1 Å². The fraction of sp³-hybridized carbons (Fsp3) is 0.750. The Morgan fingerprint density at radius 1 is 1.31 bits per heavy atom. The van der Waals surface area contributed by atoms with Crippen LogP contribution in [0.25, 0.3) is 0 Å². The van der Waals surface area contributed by atoms with Crippen LogP contribution in [0.1, 0.15) is 39.5 Å². The van der Waals surface area contributed by atoms with Crippen LogP contribution in [0.4, 0.5) is 4.79 Å². The summed E-state index contributed by atoms with van der Waals surface area (Å²) in [5.74, 6) is 4.87. The molecular weight excluding hydrogens is 168 g/mol. The Morgan fingerprint density at radius 2 is 1.85 bits per heavy atom. The first-order chi connectivity index (χ1) is 6.24. The van der Waals surface area contributed by atoms with Crippen molar-refractivity contribution in [2.24, 2.45) is 10.9 Å². The van der Waals surface area contributed by atoms with Gasteiger partial charge in [0, 0.05) is 5.71 Å². The van der Waals surface area contributed by atoms with E-state index >= 15 is 0 Å². The minimum absolute atomic E-state index is 0.482. The molecule has 0 radical (unpaired) electrons. The molecule has 0 aromatic heterocycles. The summed E-state index contributed by atoms with van der Waals surface area (Å²) in [6.45, 7) is 4.16.